The highest BCUT2D eigenvalue weighted by Gasteiger charge is 2.22. The fourth-order valence-electron chi connectivity index (χ4n) is 1.79. The third-order valence-electron chi connectivity index (χ3n) is 2.80. The molecule has 88 valence electrons. The number of rotatable bonds is 3. The standard InChI is InChI=1S/C12H15ClO3/c1-6-5-9(16-4)7(2)8(3)10(6)11(13)12(14)15/h5,11H,1-4H3,(H,14,15). The predicted molar refractivity (Wildman–Crippen MR) is 63.4 cm³/mol. The lowest BCUT2D eigenvalue weighted by molar-refractivity contribution is -0.136. The minimum absolute atomic E-state index is 0.660. The van der Waals surface area contributed by atoms with Gasteiger partial charge in [-0.2, -0.15) is 0 Å². The molecule has 1 atom stereocenters. The van der Waals surface area contributed by atoms with Crippen LogP contribution in [0.15, 0.2) is 6.07 Å². The van der Waals surface area contributed by atoms with E-state index in [0.717, 1.165) is 22.4 Å². The van der Waals surface area contributed by atoms with Crippen LogP contribution < -0.4 is 4.74 Å². The van der Waals surface area contributed by atoms with Crippen molar-refractivity contribution in [3.05, 3.63) is 28.3 Å². The number of alkyl halides is 1. The Morgan fingerprint density at radius 2 is 1.94 bits per heavy atom. The topological polar surface area (TPSA) is 46.5 Å². The molecule has 0 heterocycles. The highest BCUT2D eigenvalue weighted by Crippen LogP contribution is 2.34. The van der Waals surface area contributed by atoms with Crippen LogP contribution in [0.2, 0.25) is 0 Å². The molecule has 0 aromatic heterocycles. The van der Waals surface area contributed by atoms with Crippen LogP contribution in [-0.2, 0) is 4.79 Å². The molecule has 1 aromatic carbocycles. The average Bonchev–Trinajstić information content (AvgIpc) is 2.23. The molecule has 1 N–H and O–H groups in total. The molecule has 16 heavy (non-hydrogen) atoms. The van der Waals surface area contributed by atoms with Crippen LogP contribution in [0.5, 0.6) is 5.75 Å². The second-order valence-electron chi connectivity index (χ2n) is 3.76. The Labute approximate surface area is 100.0 Å². The van der Waals surface area contributed by atoms with Crippen LogP contribution in [0.3, 0.4) is 0 Å². The zero-order valence-electron chi connectivity index (χ0n) is 9.80. The lowest BCUT2D eigenvalue weighted by atomic mass is 9.95. The van der Waals surface area contributed by atoms with E-state index in [4.69, 9.17) is 21.4 Å². The summed E-state index contributed by atoms with van der Waals surface area (Å²) in [5, 5.41) is 7.93. The van der Waals surface area contributed by atoms with E-state index in [9.17, 15) is 4.79 Å². The summed E-state index contributed by atoms with van der Waals surface area (Å²) in [5.74, 6) is -0.273. The molecule has 0 bridgehead atoms. The molecule has 0 saturated carbocycles. The maximum Gasteiger partial charge on any atom is 0.326 e. The van der Waals surface area contributed by atoms with Gasteiger partial charge in [-0.3, -0.25) is 4.79 Å². The number of aliphatic carboxylic acids is 1. The molecule has 0 aliphatic heterocycles. The molecule has 0 amide bonds. The Morgan fingerprint density at radius 1 is 1.38 bits per heavy atom. The first kappa shape index (κ1) is 12.8. The van der Waals surface area contributed by atoms with Gasteiger partial charge in [0.15, 0.2) is 5.38 Å². The van der Waals surface area contributed by atoms with Crippen molar-refractivity contribution < 1.29 is 14.6 Å². The number of carboxylic acids is 1. The first-order valence-corrected chi connectivity index (χ1v) is 5.35. The molecular weight excluding hydrogens is 228 g/mol. The summed E-state index contributed by atoms with van der Waals surface area (Å²) in [7, 11) is 1.59. The first-order valence-electron chi connectivity index (χ1n) is 4.91. The molecule has 1 aromatic rings. The number of carboxylic acid groups (broad SMARTS) is 1. The van der Waals surface area contributed by atoms with E-state index < -0.39 is 11.3 Å². The molecular formula is C12H15ClO3. The Balaban J connectivity index is 3.41. The zero-order chi connectivity index (χ0) is 12.5. The van der Waals surface area contributed by atoms with Gasteiger partial charge in [0, 0.05) is 0 Å². The van der Waals surface area contributed by atoms with Crippen molar-refractivity contribution in [1.29, 1.82) is 0 Å². The molecule has 0 fully saturated rings. The van der Waals surface area contributed by atoms with E-state index in [1.165, 1.54) is 0 Å². The summed E-state index contributed by atoms with van der Waals surface area (Å²) in [4.78, 5) is 10.9. The maximum atomic E-state index is 10.9. The van der Waals surface area contributed by atoms with E-state index in [0.29, 0.717) is 5.56 Å². The third-order valence-corrected chi connectivity index (χ3v) is 3.20. The average molecular weight is 243 g/mol. The van der Waals surface area contributed by atoms with Crippen LogP contribution in [-0.4, -0.2) is 18.2 Å². The molecule has 1 rings (SSSR count). The number of benzene rings is 1. The normalized spacial score (nSPS) is 12.3. The molecule has 0 aliphatic rings. The first-order chi connectivity index (χ1) is 7.40. The summed E-state index contributed by atoms with van der Waals surface area (Å²) in [6, 6.07) is 1.82. The fourth-order valence-corrected chi connectivity index (χ4v) is 2.13. The van der Waals surface area contributed by atoms with Gasteiger partial charge < -0.3 is 9.84 Å². The van der Waals surface area contributed by atoms with Crippen LogP contribution >= 0.6 is 11.6 Å². The SMILES string of the molecule is COc1cc(C)c(C(Cl)C(=O)O)c(C)c1C. The molecule has 3 nitrogen and oxygen atoms in total. The lowest BCUT2D eigenvalue weighted by Crippen LogP contribution is -2.10. The van der Waals surface area contributed by atoms with Gasteiger partial charge in [0.2, 0.25) is 0 Å². The van der Waals surface area contributed by atoms with Crippen molar-refractivity contribution in [2.45, 2.75) is 26.1 Å². The van der Waals surface area contributed by atoms with Gasteiger partial charge in [-0.05, 0) is 49.1 Å². The van der Waals surface area contributed by atoms with Crippen molar-refractivity contribution in [1.82, 2.24) is 0 Å². The van der Waals surface area contributed by atoms with Crippen LogP contribution in [0, 0.1) is 20.8 Å². The van der Waals surface area contributed by atoms with Gasteiger partial charge in [0.1, 0.15) is 5.75 Å². The van der Waals surface area contributed by atoms with E-state index in [1.54, 1.807) is 7.11 Å². The summed E-state index contributed by atoms with van der Waals surface area (Å²) < 4.78 is 5.21. The quantitative estimate of drug-likeness (QED) is 0.829. The summed E-state index contributed by atoms with van der Waals surface area (Å²) in [6.45, 7) is 5.59. The fraction of sp³-hybridized carbons (Fsp3) is 0.417. The number of methoxy groups -OCH3 is 1. The maximum absolute atomic E-state index is 10.9. The molecule has 1 unspecified atom stereocenters. The second kappa shape index (κ2) is 4.74. The Bertz CT molecular complexity index is 427. The predicted octanol–water partition coefficient (Wildman–Crippen LogP) is 2.98. The highest BCUT2D eigenvalue weighted by atomic mass is 35.5. The largest absolute Gasteiger partial charge is 0.496 e. The minimum Gasteiger partial charge on any atom is -0.496 e. The summed E-state index contributed by atoms with van der Waals surface area (Å²) >= 11 is 5.88. The van der Waals surface area contributed by atoms with Crippen LogP contribution in [0.1, 0.15) is 27.6 Å². The van der Waals surface area contributed by atoms with Crippen molar-refractivity contribution in [2.75, 3.05) is 7.11 Å². The molecule has 0 aliphatic carbocycles. The Morgan fingerprint density at radius 3 is 2.38 bits per heavy atom. The molecule has 0 saturated heterocycles. The van der Waals surface area contributed by atoms with Crippen LogP contribution in [0.4, 0.5) is 0 Å². The third kappa shape index (κ3) is 2.14. The van der Waals surface area contributed by atoms with Crippen molar-refractivity contribution in [3.8, 4) is 5.75 Å². The van der Waals surface area contributed by atoms with E-state index in [-0.39, 0.29) is 0 Å². The van der Waals surface area contributed by atoms with E-state index in [2.05, 4.69) is 0 Å². The van der Waals surface area contributed by atoms with Gasteiger partial charge in [-0.1, -0.05) is 0 Å². The lowest BCUT2D eigenvalue weighted by Gasteiger charge is -2.17. The highest BCUT2D eigenvalue weighted by molar-refractivity contribution is 6.29. The number of carbonyl (C=O) groups is 1. The summed E-state index contributed by atoms with van der Waals surface area (Å²) in [6.07, 6.45) is 0. The number of aryl methyl sites for hydroxylation is 1. The summed E-state index contributed by atoms with van der Waals surface area (Å²) in [5.41, 5.74) is 3.30. The van der Waals surface area contributed by atoms with E-state index >= 15 is 0 Å². The zero-order valence-corrected chi connectivity index (χ0v) is 10.6. The van der Waals surface area contributed by atoms with E-state index in [1.807, 2.05) is 26.8 Å². The van der Waals surface area contributed by atoms with Gasteiger partial charge in [0.05, 0.1) is 7.11 Å². The van der Waals surface area contributed by atoms with Crippen molar-refractivity contribution in [2.24, 2.45) is 0 Å². The molecule has 0 spiro atoms. The van der Waals surface area contributed by atoms with Gasteiger partial charge in [0.25, 0.3) is 0 Å². The number of hydrogen-bond donors (Lipinski definition) is 1. The van der Waals surface area contributed by atoms with Gasteiger partial charge in [-0.25, -0.2) is 0 Å². The monoisotopic (exact) mass is 242 g/mol. The number of halogens is 1. The second-order valence-corrected chi connectivity index (χ2v) is 4.20. The number of hydrogen-bond acceptors (Lipinski definition) is 2. The Hall–Kier alpha value is -1.22. The van der Waals surface area contributed by atoms with Gasteiger partial charge in [-0.15, -0.1) is 11.6 Å². The van der Waals surface area contributed by atoms with Crippen molar-refractivity contribution >= 4 is 17.6 Å². The molecule has 0 radical (unpaired) electrons. The minimum atomic E-state index is -1.03. The van der Waals surface area contributed by atoms with Crippen LogP contribution in [0.25, 0.3) is 0 Å². The number of ether oxygens (including phenoxy) is 1. The molecule has 4 heteroatoms. The smallest absolute Gasteiger partial charge is 0.326 e. The van der Waals surface area contributed by atoms with Crippen molar-refractivity contribution in [3.63, 3.8) is 0 Å². The van der Waals surface area contributed by atoms with Gasteiger partial charge >= 0.3 is 5.97 Å². The Kier molecular flexibility index (Phi) is 3.81.